The Kier molecular flexibility index (Phi) is 4.71. The van der Waals surface area contributed by atoms with Crippen molar-refractivity contribution in [3.05, 3.63) is 58.1 Å². The van der Waals surface area contributed by atoms with Crippen LogP contribution < -0.4 is 10.6 Å². The molecular weight excluding hydrogens is 374 g/mol. The molecule has 0 aliphatic heterocycles. The second-order valence-corrected chi connectivity index (χ2v) is 6.16. The first kappa shape index (κ1) is 16.3. The second kappa shape index (κ2) is 6.92. The monoisotopic (exact) mass is 389 g/mol. The van der Waals surface area contributed by atoms with Crippen LogP contribution in [0.2, 0.25) is 0 Å². The molecule has 0 spiro atoms. The van der Waals surface area contributed by atoms with Crippen molar-refractivity contribution in [2.75, 3.05) is 5.32 Å². The van der Waals surface area contributed by atoms with Gasteiger partial charge in [0.15, 0.2) is 0 Å². The van der Waals surface area contributed by atoms with Gasteiger partial charge in [0.05, 0.1) is 12.2 Å². The van der Waals surface area contributed by atoms with E-state index in [0.717, 1.165) is 21.5 Å². The minimum absolute atomic E-state index is 0.178. The molecule has 0 radical (unpaired) electrons. The smallest absolute Gasteiger partial charge is 0.323 e. The third kappa shape index (κ3) is 3.86. The Hall–Kier alpha value is -2.54. The van der Waals surface area contributed by atoms with E-state index in [4.69, 9.17) is 8.83 Å². The maximum atomic E-state index is 11.9. The number of hydrogen-bond acceptors (Lipinski definition) is 4. The van der Waals surface area contributed by atoms with Gasteiger partial charge in [0, 0.05) is 10.0 Å². The number of urea groups is 1. The summed E-state index contributed by atoms with van der Waals surface area (Å²) < 4.78 is 12.0. The van der Waals surface area contributed by atoms with Crippen LogP contribution in [0.3, 0.4) is 0 Å². The molecule has 0 unspecified atom stereocenters. The van der Waals surface area contributed by atoms with Crippen LogP contribution in [0.1, 0.15) is 17.2 Å². The fourth-order valence-corrected chi connectivity index (χ4v) is 2.34. The largest absolute Gasteiger partial charge is 0.459 e. The topological polar surface area (TPSA) is 80.3 Å². The third-order valence-electron chi connectivity index (χ3n) is 3.46. The molecule has 0 aliphatic carbocycles. The number of nitrogens with one attached hydrogen (secondary N) is 2. The highest BCUT2D eigenvalue weighted by Gasteiger charge is 2.10. The summed E-state index contributed by atoms with van der Waals surface area (Å²) in [4.78, 5) is 15.9. The van der Waals surface area contributed by atoms with Gasteiger partial charge in [-0.15, -0.1) is 0 Å². The van der Waals surface area contributed by atoms with E-state index in [0.29, 0.717) is 11.5 Å². The first-order valence-electron chi connectivity index (χ1n) is 7.35. The van der Waals surface area contributed by atoms with Crippen LogP contribution in [-0.4, -0.2) is 11.0 Å². The number of oxazole rings is 1. The van der Waals surface area contributed by atoms with E-state index >= 15 is 0 Å². The number of hydrogen-bond donors (Lipinski definition) is 2. The summed E-state index contributed by atoms with van der Waals surface area (Å²) >= 11 is 3.40. The van der Waals surface area contributed by atoms with Crippen LogP contribution in [0, 0.1) is 13.8 Å². The van der Waals surface area contributed by atoms with Gasteiger partial charge in [-0.3, -0.25) is 5.32 Å². The number of aromatic nitrogens is 1. The molecule has 6 nitrogen and oxygen atoms in total. The number of furan rings is 1. The Morgan fingerprint density at radius 3 is 2.54 bits per heavy atom. The van der Waals surface area contributed by atoms with Crippen LogP contribution in [0.5, 0.6) is 0 Å². The summed E-state index contributed by atoms with van der Waals surface area (Å²) in [5.74, 6) is 2.08. The molecule has 0 saturated heterocycles. The Bertz CT molecular complexity index is 833. The van der Waals surface area contributed by atoms with Gasteiger partial charge in [0.1, 0.15) is 17.3 Å². The van der Waals surface area contributed by atoms with Crippen molar-refractivity contribution in [3.63, 3.8) is 0 Å². The molecule has 2 heterocycles. The Morgan fingerprint density at radius 1 is 1.12 bits per heavy atom. The summed E-state index contributed by atoms with van der Waals surface area (Å²) in [5.41, 5.74) is 1.72. The molecule has 24 heavy (non-hydrogen) atoms. The van der Waals surface area contributed by atoms with Crippen molar-refractivity contribution in [2.24, 2.45) is 0 Å². The van der Waals surface area contributed by atoms with Gasteiger partial charge >= 0.3 is 12.0 Å². The first-order valence-corrected chi connectivity index (χ1v) is 8.14. The summed E-state index contributed by atoms with van der Waals surface area (Å²) in [6.07, 6.45) is 0. The zero-order valence-electron chi connectivity index (χ0n) is 13.2. The number of carbonyl (C=O) groups is 1. The maximum Gasteiger partial charge on any atom is 0.323 e. The summed E-state index contributed by atoms with van der Waals surface area (Å²) in [7, 11) is 0. The minimum atomic E-state index is -0.405. The zero-order valence-corrected chi connectivity index (χ0v) is 14.8. The van der Waals surface area contributed by atoms with Crippen LogP contribution >= 0.6 is 15.9 Å². The van der Waals surface area contributed by atoms with Gasteiger partial charge in [-0.2, -0.15) is 4.98 Å². The Labute approximate surface area is 147 Å². The highest BCUT2D eigenvalue weighted by molar-refractivity contribution is 9.10. The molecule has 0 atom stereocenters. The van der Waals surface area contributed by atoms with Crippen LogP contribution in [-0.2, 0) is 6.54 Å². The third-order valence-corrected chi connectivity index (χ3v) is 3.99. The minimum Gasteiger partial charge on any atom is -0.459 e. The number of anilines is 1. The Morgan fingerprint density at radius 2 is 1.88 bits per heavy atom. The average Bonchev–Trinajstić information content (AvgIpc) is 3.13. The summed E-state index contributed by atoms with van der Waals surface area (Å²) in [5, 5.41) is 5.24. The number of amides is 2. The SMILES string of the molecule is Cc1nc(NC(=O)NCc2ccc(-c3ccc(Br)cc3)o2)oc1C. The predicted molar refractivity (Wildman–Crippen MR) is 93.7 cm³/mol. The standard InChI is InChI=1S/C17H16BrN3O3/c1-10-11(2)23-17(20-10)21-16(22)19-9-14-7-8-15(24-14)12-3-5-13(18)6-4-12/h3-8H,9H2,1-2H3,(H2,19,20,21,22). The van der Waals surface area contributed by atoms with Gasteiger partial charge in [-0.1, -0.05) is 28.1 Å². The molecule has 7 heteroatoms. The van der Waals surface area contributed by atoms with Crippen molar-refractivity contribution >= 4 is 28.0 Å². The zero-order chi connectivity index (χ0) is 17.1. The first-order chi connectivity index (χ1) is 11.5. The van der Waals surface area contributed by atoms with Gasteiger partial charge in [0.2, 0.25) is 0 Å². The summed E-state index contributed by atoms with van der Waals surface area (Å²) in [6, 6.07) is 11.3. The van der Waals surface area contributed by atoms with Crippen LogP contribution in [0.25, 0.3) is 11.3 Å². The fraction of sp³-hybridized carbons (Fsp3) is 0.176. The maximum absolute atomic E-state index is 11.9. The molecular formula is C17H16BrN3O3. The van der Waals surface area contributed by atoms with Crippen LogP contribution in [0.4, 0.5) is 10.8 Å². The van der Waals surface area contributed by atoms with E-state index in [1.54, 1.807) is 6.92 Å². The molecule has 124 valence electrons. The quantitative estimate of drug-likeness (QED) is 0.681. The summed E-state index contributed by atoms with van der Waals surface area (Å²) in [6.45, 7) is 3.87. The normalized spacial score (nSPS) is 10.6. The van der Waals surface area contributed by atoms with Crippen molar-refractivity contribution in [3.8, 4) is 11.3 Å². The number of halogens is 1. The number of aryl methyl sites for hydroxylation is 2. The lowest BCUT2D eigenvalue weighted by molar-refractivity contribution is 0.250. The molecule has 1 aromatic carbocycles. The van der Waals surface area contributed by atoms with Crippen molar-refractivity contribution < 1.29 is 13.6 Å². The lowest BCUT2D eigenvalue weighted by Gasteiger charge is -2.03. The Balaban J connectivity index is 1.57. The lowest BCUT2D eigenvalue weighted by Crippen LogP contribution is -2.28. The van der Waals surface area contributed by atoms with E-state index in [-0.39, 0.29) is 12.6 Å². The molecule has 0 saturated carbocycles. The second-order valence-electron chi connectivity index (χ2n) is 5.24. The van der Waals surface area contributed by atoms with Crippen molar-refractivity contribution in [1.82, 2.24) is 10.3 Å². The number of nitrogens with zero attached hydrogens (tertiary/aromatic N) is 1. The predicted octanol–water partition coefficient (Wildman–Crippen LogP) is 4.64. The molecule has 0 aliphatic rings. The van der Waals surface area contributed by atoms with Gasteiger partial charge in [-0.25, -0.2) is 4.79 Å². The fourth-order valence-electron chi connectivity index (χ4n) is 2.08. The van der Waals surface area contributed by atoms with Gasteiger partial charge in [0.25, 0.3) is 0 Å². The molecule has 2 aromatic heterocycles. The highest BCUT2D eigenvalue weighted by Crippen LogP contribution is 2.24. The van der Waals surface area contributed by atoms with E-state index < -0.39 is 6.03 Å². The van der Waals surface area contributed by atoms with Gasteiger partial charge < -0.3 is 14.2 Å². The molecule has 3 rings (SSSR count). The average molecular weight is 390 g/mol. The van der Waals surface area contributed by atoms with E-state index in [1.165, 1.54) is 0 Å². The number of carbonyl (C=O) groups excluding carboxylic acids is 1. The van der Waals surface area contributed by atoms with E-state index in [1.807, 2.05) is 43.3 Å². The number of rotatable bonds is 4. The van der Waals surface area contributed by atoms with E-state index in [9.17, 15) is 4.79 Å². The van der Waals surface area contributed by atoms with Crippen molar-refractivity contribution in [1.29, 1.82) is 0 Å². The molecule has 3 aromatic rings. The molecule has 2 amide bonds. The van der Waals surface area contributed by atoms with Crippen molar-refractivity contribution in [2.45, 2.75) is 20.4 Å². The molecule has 0 fully saturated rings. The molecule has 2 N–H and O–H groups in total. The van der Waals surface area contributed by atoms with Crippen LogP contribution in [0.15, 0.2) is 49.7 Å². The number of benzene rings is 1. The van der Waals surface area contributed by atoms with E-state index in [2.05, 4.69) is 31.5 Å². The lowest BCUT2D eigenvalue weighted by atomic mass is 10.2. The van der Waals surface area contributed by atoms with Gasteiger partial charge in [-0.05, 0) is 38.1 Å². The highest BCUT2D eigenvalue weighted by atomic mass is 79.9. The molecule has 0 bridgehead atoms.